The van der Waals surface area contributed by atoms with Gasteiger partial charge in [-0.25, -0.2) is 9.59 Å². The molecule has 4 rings (SSSR count). The van der Waals surface area contributed by atoms with Gasteiger partial charge in [-0.2, -0.15) is 0 Å². The molecule has 0 aliphatic heterocycles. The molecule has 0 saturated carbocycles. The summed E-state index contributed by atoms with van der Waals surface area (Å²) in [6, 6.07) is 11.7. The van der Waals surface area contributed by atoms with E-state index in [2.05, 4.69) is 5.16 Å². The molecule has 1 heterocycles. The summed E-state index contributed by atoms with van der Waals surface area (Å²) in [5, 5.41) is 24.3. The van der Waals surface area contributed by atoms with E-state index in [0.717, 1.165) is 23.2 Å². The Morgan fingerprint density at radius 2 is 1.82 bits per heavy atom. The number of nitrogens with zero attached hydrogens (tertiary/aromatic N) is 2. The van der Waals surface area contributed by atoms with Crippen LogP contribution in [-0.2, 0) is 24.4 Å². The van der Waals surface area contributed by atoms with Gasteiger partial charge in [0.25, 0.3) is 0 Å². The number of benzene rings is 2. The van der Waals surface area contributed by atoms with E-state index in [-0.39, 0.29) is 17.9 Å². The van der Waals surface area contributed by atoms with E-state index >= 15 is 0 Å². The van der Waals surface area contributed by atoms with Crippen molar-refractivity contribution in [2.24, 2.45) is 5.16 Å². The van der Waals surface area contributed by atoms with Crippen molar-refractivity contribution < 1.29 is 24.6 Å². The number of oxime groups is 1. The van der Waals surface area contributed by atoms with Gasteiger partial charge in [-0.15, -0.1) is 0 Å². The Kier molecular flexibility index (Phi) is 6.95. The van der Waals surface area contributed by atoms with Crippen molar-refractivity contribution in [1.29, 1.82) is 0 Å². The summed E-state index contributed by atoms with van der Waals surface area (Å²) in [7, 11) is 0. The van der Waals surface area contributed by atoms with Crippen molar-refractivity contribution in [2.45, 2.75) is 39.3 Å². The van der Waals surface area contributed by atoms with Crippen LogP contribution in [0.2, 0.25) is 10.0 Å². The van der Waals surface area contributed by atoms with E-state index in [4.69, 9.17) is 33.1 Å². The van der Waals surface area contributed by atoms with Gasteiger partial charge in [0.2, 0.25) is 0 Å². The first-order valence-corrected chi connectivity index (χ1v) is 11.4. The summed E-state index contributed by atoms with van der Waals surface area (Å²) in [6.07, 6.45) is 2.16. The smallest absolute Gasteiger partial charge is 0.352 e. The lowest BCUT2D eigenvalue weighted by Gasteiger charge is -2.18. The zero-order valence-corrected chi connectivity index (χ0v) is 19.9. The predicted molar refractivity (Wildman–Crippen MR) is 129 cm³/mol. The van der Waals surface area contributed by atoms with Crippen molar-refractivity contribution in [2.75, 3.05) is 0 Å². The second-order valence-corrected chi connectivity index (χ2v) is 8.92. The molecule has 3 aromatic rings. The molecule has 1 aliphatic rings. The number of carbonyl (C=O) groups is 2. The first-order valence-electron chi connectivity index (χ1n) is 10.7. The molecule has 176 valence electrons. The molecule has 34 heavy (non-hydrogen) atoms. The Labute approximate surface area is 206 Å². The predicted octanol–water partition coefficient (Wildman–Crippen LogP) is 5.81. The number of aromatic carboxylic acids is 2. The van der Waals surface area contributed by atoms with Crippen molar-refractivity contribution in [3.63, 3.8) is 0 Å². The number of aromatic nitrogens is 1. The van der Waals surface area contributed by atoms with Gasteiger partial charge in [-0.3, -0.25) is 0 Å². The van der Waals surface area contributed by atoms with Gasteiger partial charge in [0, 0.05) is 17.8 Å². The molecule has 0 saturated heterocycles. The largest absolute Gasteiger partial charge is 0.478 e. The van der Waals surface area contributed by atoms with Gasteiger partial charge in [0.05, 0.1) is 21.3 Å². The second kappa shape index (κ2) is 9.91. The molecule has 0 atom stereocenters. The third-order valence-electron chi connectivity index (χ3n) is 5.84. The number of halogens is 2. The Balaban J connectivity index is 1.65. The minimum atomic E-state index is -1.02. The summed E-state index contributed by atoms with van der Waals surface area (Å²) in [5.74, 6) is -2.03. The number of carboxylic acids is 2. The summed E-state index contributed by atoms with van der Waals surface area (Å²) in [5.41, 5.74) is 4.91. The van der Waals surface area contributed by atoms with Gasteiger partial charge in [-0.1, -0.05) is 46.6 Å². The van der Waals surface area contributed by atoms with E-state index in [1.54, 1.807) is 35.8 Å². The molecule has 9 heteroatoms. The maximum Gasteiger partial charge on any atom is 0.352 e. The van der Waals surface area contributed by atoms with E-state index in [9.17, 15) is 14.7 Å². The van der Waals surface area contributed by atoms with E-state index in [1.165, 1.54) is 12.1 Å². The zero-order chi connectivity index (χ0) is 24.4. The molecular weight excluding hydrogens is 479 g/mol. The average molecular weight is 501 g/mol. The van der Waals surface area contributed by atoms with Gasteiger partial charge in [0.1, 0.15) is 12.3 Å². The molecule has 0 radical (unpaired) electrons. The average Bonchev–Trinajstić information content (AvgIpc) is 3.09. The molecule has 7 nitrogen and oxygen atoms in total. The molecule has 0 amide bonds. The van der Waals surface area contributed by atoms with E-state index in [0.29, 0.717) is 46.3 Å². The third kappa shape index (κ3) is 4.81. The van der Waals surface area contributed by atoms with Crippen LogP contribution in [0, 0.1) is 6.92 Å². The zero-order valence-electron chi connectivity index (χ0n) is 18.3. The monoisotopic (exact) mass is 500 g/mol. The summed E-state index contributed by atoms with van der Waals surface area (Å²) < 4.78 is 1.80. The standard InChI is InChI=1S/C25H22Cl2N2O5/c1-14-22-20(28-34-13-16-4-2-5-17(10-16)24(30)31)6-3-7-21(22)29(23(14)25(32)33)12-15-8-9-18(26)19(27)11-15/h2,4-5,8-11H,3,6-7,12-13H2,1H3,(H,30,31)(H,32,33)/b28-20-. The molecule has 0 fully saturated rings. The highest BCUT2D eigenvalue weighted by atomic mass is 35.5. The van der Waals surface area contributed by atoms with E-state index < -0.39 is 11.9 Å². The highest BCUT2D eigenvalue weighted by Gasteiger charge is 2.30. The topological polar surface area (TPSA) is 101 Å². The lowest BCUT2D eigenvalue weighted by Crippen LogP contribution is -2.17. The Hall–Kier alpha value is -3.29. The van der Waals surface area contributed by atoms with Gasteiger partial charge < -0.3 is 19.6 Å². The van der Waals surface area contributed by atoms with Crippen molar-refractivity contribution >= 4 is 40.9 Å². The van der Waals surface area contributed by atoms with Crippen LogP contribution in [0.3, 0.4) is 0 Å². The van der Waals surface area contributed by atoms with Crippen molar-refractivity contribution in [1.82, 2.24) is 4.57 Å². The molecule has 0 spiro atoms. The number of carboxylic acid groups (broad SMARTS) is 2. The molecule has 2 aromatic carbocycles. The Morgan fingerprint density at radius 3 is 2.53 bits per heavy atom. The highest BCUT2D eigenvalue weighted by molar-refractivity contribution is 6.42. The number of hydrogen-bond donors (Lipinski definition) is 2. The first kappa shape index (κ1) is 23.9. The van der Waals surface area contributed by atoms with Crippen LogP contribution in [0.4, 0.5) is 0 Å². The summed E-state index contributed by atoms with van der Waals surface area (Å²) >= 11 is 12.2. The van der Waals surface area contributed by atoms with Crippen LogP contribution < -0.4 is 0 Å². The molecular formula is C25H22Cl2N2O5. The maximum atomic E-state index is 12.2. The number of fused-ring (bicyclic) bond motifs is 1. The van der Waals surface area contributed by atoms with Crippen LogP contribution in [0.15, 0.2) is 47.6 Å². The molecule has 1 aromatic heterocycles. The lowest BCUT2D eigenvalue weighted by atomic mass is 9.93. The van der Waals surface area contributed by atoms with Gasteiger partial charge in [-0.05, 0) is 67.1 Å². The normalized spacial score (nSPS) is 14.1. The Morgan fingerprint density at radius 1 is 1.03 bits per heavy atom. The van der Waals surface area contributed by atoms with Crippen LogP contribution in [-0.4, -0.2) is 32.4 Å². The summed E-state index contributed by atoms with van der Waals surface area (Å²) in [4.78, 5) is 28.9. The summed E-state index contributed by atoms with van der Waals surface area (Å²) in [6.45, 7) is 2.23. The fraction of sp³-hybridized carbons (Fsp3) is 0.240. The minimum Gasteiger partial charge on any atom is -0.478 e. The Bertz CT molecular complexity index is 1310. The van der Waals surface area contributed by atoms with Gasteiger partial charge in [0.15, 0.2) is 0 Å². The second-order valence-electron chi connectivity index (χ2n) is 8.11. The van der Waals surface area contributed by atoms with E-state index in [1.807, 2.05) is 6.07 Å². The van der Waals surface area contributed by atoms with Crippen LogP contribution in [0.25, 0.3) is 0 Å². The minimum absolute atomic E-state index is 0.106. The van der Waals surface area contributed by atoms with Crippen molar-refractivity contribution in [3.8, 4) is 0 Å². The van der Waals surface area contributed by atoms with Gasteiger partial charge >= 0.3 is 11.9 Å². The quantitative estimate of drug-likeness (QED) is 0.398. The fourth-order valence-electron chi connectivity index (χ4n) is 4.34. The van der Waals surface area contributed by atoms with Crippen LogP contribution in [0.1, 0.15) is 61.6 Å². The highest BCUT2D eigenvalue weighted by Crippen LogP contribution is 2.32. The fourth-order valence-corrected chi connectivity index (χ4v) is 4.66. The van der Waals surface area contributed by atoms with Crippen LogP contribution >= 0.6 is 23.2 Å². The molecule has 2 N–H and O–H groups in total. The molecule has 0 bridgehead atoms. The van der Waals surface area contributed by atoms with Crippen molar-refractivity contribution in [3.05, 3.63) is 91.7 Å². The van der Waals surface area contributed by atoms with Crippen LogP contribution in [0.5, 0.6) is 0 Å². The number of rotatable bonds is 7. The third-order valence-corrected chi connectivity index (χ3v) is 6.58. The SMILES string of the molecule is Cc1c2c(n(Cc3ccc(Cl)c(Cl)c3)c1C(=O)O)CCC/C2=N/OCc1cccc(C(=O)O)c1. The maximum absolute atomic E-state index is 12.2. The lowest BCUT2D eigenvalue weighted by molar-refractivity contribution is 0.0678. The molecule has 1 aliphatic carbocycles. The first-order chi connectivity index (χ1) is 16.3. The molecule has 0 unspecified atom stereocenters. The number of hydrogen-bond acceptors (Lipinski definition) is 4.